The van der Waals surface area contributed by atoms with Crippen LogP contribution in [0.5, 0.6) is 11.5 Å². The van der Waals surface area contributed by atoms with Gasteiger partial charge in [-0.05, 0) is 12.1 Å². The third-order valence-electron chi connectivity index (χ3n) is 2.62. The number of benzene rings is 1. The number of phenols is 1. The first-order valence-corrected chi connectivity index (χ1v) is 5.14. The van der Waals surface area contributed by atoms with Gasteiger partial charge in [0.05, 0.1) is 12.8 Å². The summed E-state index contributed by atoms with van der Waals surface area (Å²) in [6.45, 7) is 3.83. The van der Waals surface area contributed by atoms with Gasteiger partial charge in [0, 0.05) is 32.2 Å². The molecule has 4 nitrogen and oxygen atoms in total. The molecule has 1 aliphatic rings. The number of hydrogen-bond donors (Lipinski definition) is 2. The number of hydrogen-bond acceptors (Lipinski definition) is 4. The van der Waals surface area contributed by atoms with E-state index in [-0.39, 0.29) is 39.7 Å². The van der Waals surface area contributed by atoms with Crippen molar-refractivity contribution < 1.29 is 9.84 Å². The van der Waals surface area contributed by atoms with E-state index in [2.05, 4.69) is 10.2 Å². The Morgan fingerprint density at radius 1 is 1.24 bits per heavy atom. The topological polar surface area (TPSA) is 44.7 Å². The van der Waals surface area contributed by atoms with Gasteiger partial charge >= 0.3 is 0 Å². The molecule has 0 aliphatic carbocycles. The summed E-state index contributed by atoms with van der Waals surface area (Å²) in [5.74, 6) is 1.10. The fourth-order valence-corrected chi connectivity index (χ4v) is 1.83. The van der Waals surface area contributed by atoms with E-state index in [0.29, 0.717) is 0 Å². The van der Waals surface area contributed by atoms with Crippen molar-refractivity contribution in [1.29, 1.82) is 0 Å². The van der Waals surface area contributed by atoms with Crippen LogP contribution in [0, 0.1) is 0 Å². The number of rotatable bonds is 2. The first-order chi connectivity index (χ1) is 7.31. The third-order valence-corrected chi connectivity index (χ3v) is 2.62. The van der Waals surface area contributed by atoms with Crippen molar-refractivity contribution in [3.8, 4) is 11.5 Å². The minimum absolute atomic E-state index is 0. The van der Waals surface area contributed by atoms with Crippen LogP contribution in [0.15, 0.2) is 18.2 Å². The summed E-state index contributed by atoms with van der Waals surface area (Å²) in [4.78, 5) is 2.22. The predicted octanol–water partition coefficient (Wildman–Crippen LogP) is 1.97. The molecule has 1 heterocycles. The Kier molecular flexibility index (Phi) is 7.58. The van der Waals surface area contributed by atoms with Crippen molar-refractivity contribution in [3.05, 3.63) is 18.2 Å². The van der Waals surface area contributed by atoms with Gasteiger partial charge in [-0.15, -0.1) is 34.0 Å². The highest BCUT2D eigenvalue weighted by molar-refractivity contribution is 8.93. The number of nitrogens with zero attached hydrogens (tertiary/aromatic N) is 1. The molecule has 6 heteroatoms. The minimum atomic E-state index is 0. The Balaban J connectivity index is 0.00000128. The number of aromatic hydroxyl groups is 1. The van der Waals surface area contributed by atoms with Crippen molar-refractivity contribution in [2.24, 2.45) is 0 Å². The largest absolute Gasteiger partial charge is 0.508 e. The summed E-state index contributed by atoms with van der Waals surface area (Å²) in [5.41, 5.74) is 0.971. The molecular weight excluding hydrogens is 352 g/mol. The van der Waals surface area contributed by atoms with Crippen molar-refractivity contribution in [3.63, 3.8) is 0 Å². The molecule has 0 atom stereocenters. The number of halogens is 2. The second-order valence-corrected chi connectivity index (χ2v) is 3.59. The van der Waals surface area contributed by atoms with E-state index in [9.17, 15) is 5.11 Å². The molecule has 1 aromatic rings. The first-order valence-electron chi connectivity index (χ1n) is 5.14. The first kappa shape index (κ1) is 16.5. The van der Waals surface area contributed by atoms with E-state index in [1.165, 1.54) is 0 Å². The summed E-state index contributed by atoms with van der Waals surface area (Å²) in [6.07, 6.45) is 0. The van der Waals surface area contributed by atoms with Crippen molar-refractivity contribution in [2.45, 2.75) is 0 Å². The summed E-state index contributed by atoms with van der Waals surface area (Å²) < 4.78 is 5.28. The Bertz CT molecular complexity index is 344. The van der Waals surface area contributed by atoms with Crippen LogP contribution in [0.25, 0.3) is 0 Å². The highest BCUT2D eigenvalue weighted by Gasteiger charge is 2.15. The van der Waals surface area contributed by atoms with Crippen LogP contribution in [0.3, 0.4) is 0 Å². The van der Waals surface area contributed by atoms with Gasteiger partial charge in [0.25, 0.3) is 0 Å². The highest BCUT2D eigenvalue weighted by atomic mass is 79.9. The average Bonchev–Trinajstić information content (AvgIpc) is 2.30. The maximum atomic E-state index is 9.47. The second kappa shape index (κ2) is 7.79. The quantitative estimate of drug-likeness (QED) is 0.836. The van der Waals surface area contributed by atoms with Crippen molar-refractivity contribution in [2.75, 3.05) is 38.2 Å². The Morgan fingerprint density at radius 2 is 1.88 bits per heavy atom. The number of methoxy groups -OCH3 is 1. The smallest absolute Gasteiger partial charge is 0.142 e. The molecule has 0 saturated carbocycles. The molecule has 17 heavy (non-hydrogen) atoms. The van der Waals surface area contributed by atoms with E-state index in [1.807, 2.05) is 0 Å². The number of ether oxygens (including phenoxy) is 1. The van der Waals surface area contributed by atoms with Crippen LogP contribution in [0.1, 0.15) is 0 Å². The third kappa shape index (κ3) is 4.04. The number of anilines is 1. The molecule has 2 rings (SSSR count). The van der Waals surface area contributed by atoms with Crippen LogP contribution in [-0.2, 0) is 0 Å². The summed E-state index contributed by atoms with van der Waals surface area (Å²) in [5, 5.41) is 12.8. The molecule has 2 N–H and O–H groups in total. The zero-order valence-electron chi connectivity index (χ0n) is 9.68. The lowest BCUT2D eigenvalue weighted by Gasteiger charge is -2.30. The zero-order valence-corrected chi connectivity index (χ0v) is 13.1. The van der Waals surface area contributed by atoms with Gasteiger partial charge in [-0.3, -0.25) is 0 Å². The molecule has 1 aromatic carbocycles. The highest BCUT2D eigenvalue weighted by Crippen LogP contribution is 2.31. The molecule has 0 bridgehead atoms. The number of nitrogens with one attached hydrogen (secondary N) is 1. The molecule has 1 aliphatic heterocycles. The van der Waals surface area contributed by atoms with E-state index in [0.717, 1.165) is 37.6 Å². The van der Waals surface area contributed by atoms with Gasteiger partial charge in [0.2, 0.25) is 0 Å². The second-order valence-electron chi connectivity index (χ2n) is 3.59. The molecule has 0 aromatic heterocycles. The normalized spacial score (nSPS) is 14.5. The maximum absolute atomic E-state index is 9.47. The fourth-order valence-electron chi connectivity index (χ4n) is 1.83. The van der Waals surface area contributed by atoms with E-state index in [1.54, 1.807) is 25.3 Å². The lowest BCUT2D eigenvalue weighted by atomic mass is 10.2. The summed E-state index contributed by atoms with van der Waals surface area (Å²) >= 11 is 0. The molecule has 0 amide bonds. The molecule has 1 saturated heterocycles. The summed E-state index contributed by atoms with van der Waals surface area (Å²) in [6, 6.07) is 5.20. The summed E-state index contributed by atoms with van der Waals surface area (Å²) in [7, 11) is 1.65. The molecular formula is C11H18Br2N2O2. The Morgan fingerprint density at radius 3 is 2.47 bits per heavy atom. The lowest BCUT2D eigenvalue weighted by molar-refractivity contribution is 0.410. The van der Waals surface area contributed by atoms with Gasteiger partial charge in [0.1, 0.15) is 11.5 Å². The monoisotopic (exact) mass is 368 g/mol. The van der Waals surface area contributed by atoms with Crippen molar-refractivity contribution in [1.82, 2.24) is 5.32 Å². The molecule has 0 spiro atoms. The standard InChI is InChI=1S/C11H16N2O2.2BrH/c1-15-11-3-2-9(14)8-10(11)13-6-4-12-5-7-13;;/h2-3,8,12,14H,4-7H2,1H3;2*1H. The molecule has 0 radical (unpaired) electrons. The molecule has 98 valence electrons. The zero-order chi connectivity index (χ0) is 10.7. The van der Waals surface area contributed by atoms with E-state index < -0.39 is 0 Å². The van der Waals surface area contributed by atoms with Gasteiger partial charge < -0.3 is 20.1 Å². The molecule has 1 fully saturated rings. The van der Waals surface area contributed by atoms with Gasteiger partial charge in [-0.25, -0.2) is 0 Å². The van der Waals surface area contributed by atoms with Crippen molar-refractivity contribution >= 4 is 39.7 Å². The van der Waals surface area contributed by atoms with Gasteiger partial charge in [-0.2, -0.15) is 0 Å². The van der Waals surface area contributed by atoms with E-state index in [4.69, 9.17) is 4.74 Å². The lowest BCUT2D eigenvalue weighted by Crippen LogP contribution is -2.43. The van der Waals surface area contributed by atoms with Gasteiger partial charge in [-0.1, -0.05) is 0 Å². The number of phenolic OH excluding ortho intramolecular Hbond substituents is 1. The molecule has 0 unspecified atom stereocenters. The number of piperazine rings is 1. The maximum Gasteiger partial charge on any atom is 0.142 e. The SMILES string of the molecule is Br.Br.COc1ccc(O)cc1N1CCNCC1. The average molecular weight is 370 g/mol. The van der Waals surface area contributed by atoms with E-state index >= 15 is 0 Å². The Labute approximate surface area is 122 Å². The van der Waals surface area contributed by atoms with Crippen LogP contribution in [-0.4, -0.2) is 38.4 Å². The van der Waals surface area contributed by atoms with Crippen LogP contribution < -0.4 is 15.0 Å². The predicted molar refractivity (Wildman–Crippen MR) is 80.4 cm³/mol. The van der Waals surface area contributed by atoms with Crippen LogP contribution >= 0.6 is 34.0 Å². The van der Waals surface area contributed by atoms with Gasteiger partial charge in [0.15, 0.2) is 0 Å². The van der Waals surface area contributed by atoms with Crippen LogP contribution in [0.4, 0.5) is 5.69 Å². The minimum Gasteiger partial charge on any atom is -0.508 e. The van der Waals surface area contributed by atoms with Crippen LogP contribution in [0.2, 0.25) is 0 Å². The fraction of sp³-hybridized carbons (Fsp3) is 0.455. The Hall–Kier alpha value is -0.460.